The van der Waals surface area contributed by atoms with Crippen LogP contribution in [0.25, 0.3) is 0 Å². The molecule has 1 fully saturated rings. The summed E-state index contributed by atoms with van der Waals surface area (Å²) in [5.74, 6) is -2.08. The van der Waals surface area contributed by atoms with Crippen molar-refractivity contribution in [3.05, 3.63) is 83.0 Å². The summed E-state index contributed by atoms with van der Waals surface area (Å²) in [5.41, 5.74) is 0.523. The highest BCUT2D eigenvalue weighted by Crippen LogP contribution is 2.22. The van der Waals surface area contributed by atoms with E-state index >= 15 is 0 Å². The zero-order chi connectivity index (χ0) is 22.0. The topological polar surface area (TPSA) is 79.5 Å². The van der Waals surface area contributed by atoms with Crippen LogP contribution in [0.1, 0.15) is 27.6 Å². The van der Waals surface area contributed by atoms with Crippen LogP contribution in [0.4, 0.5) is 8.78 Å². The lowest BCUT2D eigenvalue weighted by molar-refractivity contribution is -0.141. The minimum Gasteiger partial charge on any atom is -0.339 e. The molecule has 2 amide bonds. The maximum atomic E-state index is 14.2. The van der Waals surface area contributed by atoms with Gasteiger partial charge in [-0.05, 0) is 30.7 Å². The van der Waals surface area contributed by atoms with Gasteiger partial charge in [0.25, 0.3) is 5.91 Å². The maximum absolute atomic E-state index is 14.2. The Hall–Kier alpha value is -3.62. The van der Waals surface area contributed by atoms with Gasteiger partial charge in [0, 0.05) is 19.6 Å². The Bertz CT molecular complexity index is 1100. The smallest absolute Gasteiger partial charge is 0.257 e. The number of carbonyl (C=O) groups is 2. The summed E-state index contributed by atoms with van der Waals surface area (Å²) in [6, 6.07) is 11.2. The molecule has 4 rings (SSSR count). The molecule has 2 aromatic carbocycles. The molecule has 1 unspecified atom stereocenters. The fourth-order valence-corrected chi connectivity index (χ4v) is 3.64. The highest BCUT2D eigenvalue weighted by Gasteiger charge is 2.39. The van der Waals surface area contributed by atoms with Crippen molar-refractivity contribution in [3.63, 3.8) is 0 Å². The Kier molecular flexibility index (Phi) is 5.75. The molecule has 31 heavy (non-hydrogen) atoms. The molecular weight excluding hydrogens is 406 g/mol. The second kappa shape index (κ2) is 8.63. The van der Waals surface area contributed by atoms with Gasteiger partial charge in [-0.1, -0.05) is 35.5 Å². The molecule has 1 aromatic heterocycles. The molecule has 9 heteroatoms. The second-order valence-corrected chi connectivity index (χ2v) is 7.32. The van der Waals surface area contributed by atoms with E-state index in [1.54, 1.807) is 11.8 Å². The van der Waals surface area contributed by atoms with E-state index in [0.29, 0.717) is 12.4 Å². The van der Waals surface area contributed by atoms with Crippen molar-refractivity contribution in [1.29, 1.82) is 0 Å². The third-order valence-electron chi connectivity index (χ3n) is 5.16. The largest absolute Gasteiger partial charge is 0.339 e. The molecule has 1 aliphatic rings. The standard InChI is InChI=1S/C22H20F2N4O3/c1-14-25-20(31-26-14)12-19-22(30)27(13-15-5-3-2-4-6-15)9-10-28(19)21(29)17-11-16(23)7-8-18(17)24/h2-8,11,19H,9-10,12-13H2,1H3. The van der Waals surface area contributed by atoms with Crippen LogP contribution < -0.4 is 0 Å². The normalized spacial score (nSPS) is 16.6. The molecule has 0 aliphatic carbocycles. The molecule has 1 atom stereocenters. The first-order chi connectivity index (χ1) is 14.9. The fraction of sp³-hybridized carbons (Fsp3) is 0.273. The van der Waals surface area contributed by atoms with Crippen molar-refractivity contribution in [2.45, 2.75) is 25.9 Å². The van der Waals surface area contributed by atoms with Gasteiger partial charge in [0.15, 0.2) is 5.82 Å². The van der Waals surface area contributed by atoms with E-state index in [4.69, 9.17) is 4.52 Å². The summed E-state index contributed by atoms with van der Waals surface area (Å²) >= 11 is 0. The molecule has 7 nitrogen and oxygen atoms in total. The zero-order valence-electron chi connectivity index (χ0n) is 16.8. The summed E-state index contributed by atoms with van der Waals surface area (Å²) in [5, 5.41) is 3.72. The highest BCUT2D eigenvalue weighted by molar-refractivity contribution is 5.98. The number of piperazine rings is 1. The summed E-state index contributed by atoms with van der Waals surface area (Å²) in [7, 11) is 0. The number of halogens is 2. The van der Waals surface area contributed by atoms with E-state index < -0.39 is 29.1 Å². The van der Waals surface area contributed by atoms with Gasteiger partial charge in [0.1, 0.15) is 17.7 Å². The van der Waals surface area contributed by atoms with Gasteiger partial charge in [0.05, 0.1) is 12.0 Å². The highest BCUT2D eigenvalue weighted by atomic mass is 19.1. The van der Waals surface area contributed by atoms with Crippen molar-refractivity contribution in [3.8, 4) is 0 Å². The van der Waals surface area contributed by atoms with Crippen LogP contribution in [-0.2, 0) is 17.8 Å². The van der Waals surface area contributed by atoms with Crippen molar-refractivity contribution in [2.75, 3.05) is 13.1 Å². The SMILES string of the molecule is Cc1noc(CC2C(=O)N(Cc3ccccc3)CCN2C(=O)c2cc(F)ccc2F)n1. The predicted molar refractivity (Wildman–Crippen MR) is 106 cm³/mol. The van der Waals surface area contributed by atoms with Crippen LogP contribution in [0.15, 0.2) is 53.1 Å². The summed E-state index contributed by atoms with van der Waals surface area (Å²) in [4.78, 5) is 33.4. The molecule has 3 aromatic rings. The first-order valence-electron chi connectivity index (χ1n) is 9.80. The number of hydrogen-bond acceptors (Lipinski definition) is 5. The van der Waals surface area contributed by atoms with E-state index in [-0.39, 0.29) is 31.3 Å². The first kappa shape index (κ1) is 20.6. The van der Waals surface area contributed by atoms with Gasteiger partial charge in [-0.25, -0.2) is 8.78 Å². The number of nitrogens with zero attached hydrogens (tertiary/aromatic N) is 4. The quantitative estimate of drug-likeness (QED) is 0.627. The average molecular weight is 426 g/mol. The van der Waals surface area contributed by atoms with E-state index in [9.17, 15) is 18.4 Å². The molecule has 0 N–H and O–H groups in total. The van der Waals surface area contributed by atoms with E-state index in [0.717, 1.165) is 23.8 Å². The van der Waals surface area contributed by atoms with Crippen molar-refractivity contribution >= 4 is 11.8 Å². The summed E-state index contributed by atoms with van der Waals surface area (Å²) in [6.07, 6.45) is -0.0202. The monoisotopic (exact) mass is 426 g/mol. The lowest BCUT2D eigenvalue weighted by Gasteiger charge is -2.40. The Balaban J connectivity index is 1.63. The van der Waals surface area contributed by atoms with Gasteiger partial charge in [-0.2, -0.15) is 4.98 Å². The molecule has 0 radical (unpaired) electrons. The van der Waals surface area contributed by atoms with E-state index in [1.165, 1.54) is 4.90 Å². The molecule has 0 saturated carbocycles. The lowest BCUT2D eigenvalue weighted by Crippen LogP contribution is -2.59. The van der Waals surface area contributed by atoms with Gasteiger partial charge < -0.3 is 14.3 Å². The molecule has 1 aliphatic heterocycles. The predicted octanol–water partition coefficient (Wildman–Crippen LogP) is 2.75. The van der Waals surface area contributed by atoms with Crippen LogP contribution >= 0.6 is 0 Å². The third kappa shape index (κ3) is 4.45. The molecule has 1 saturated heterocycles. The van der Waals surface area contributed by atoms with Gasteiger partial charge >= 0.3 is 0 Å². The van der Waals surface area contributed by atoms with Crippen molar-refractivity contribution in [1.82, 2.24) is 19.9 Å². The zero-order valence-corrected chi connectivity index (χ0v) is 16.8. The summed E-state index contributed by atoms with van der Waals surface area (Å²) < 4.78 is 33.0. The van der Waals surface area contributed by atoms with Crippen LogP contribution in [0.5, 0.6) is 0 Å². The molecule has 2 heterocycles. The third-order valence-corrected chi connectivity index (χ3v) is 5.16. The minimum atomic E-state index is -0.979. The number of benzene rings is 2. The molecule has 160 valence electrons. The molecular formula is C22H20F2N4O3. The molecule has 0 spiro atoms. The minimum absolute atomic E-state index is 0.0202. The number of aromatic nitrogens is 2. The number of carbonyl (C=O) groups excluding carboxylic acids is 2. The average Bonchev–Trinajstić information content (AvgIpc) is 3.18. The Labute approximate surface area is 177 Å². The fourth-order valence-electron chi connectivity index (χ4n) is 3.64. The van der Waals surface area contributed by atoms with E-state index in [2.05, 4.69) is 10.1 Å². The van der Waals surface area contributed by atoms with Crippen LogP contribution in [0.2, 0.25) is 0 Å². The Morgan fingerprint density at radius 3 is 2.65 bits per heavy atom. The number of amides is 2. The Morgan fingerprint density at radius 2 is 1.94 bits per heavy atom. The van der Waals surface area contributed by atoms with Crippen molar-refractivity contribution < 1.29 is 22.9 Å². The number of aryl methyl sites for hydroxylation is 1. The van der Waals surface area contributed by atoms with Gasteiger partial charge in [-0.15, -0.1) is 0 Å². The second-order valence-electron chi connectivity index (χ2n) is 7.32. The number of rotatable bonds is 5. The van der Waals surface area contributed by atoms with Crippen LogP contribution in [-0.4, -0.2) is 50.9 Å². The van der Waals surface area contributed by atoms with Crippen molar-refractivity contribution in [2.24, 2.45) is 0 Å². The number of hydrogen-bond donors (Lipinski definition) is 0. The molecule has 0 bridgehead atoms. The van der Waals surface area contributed by atoms with Crippen LogP contribution in [0.3, 0.4) is 0 Å². The maximum Gasteiger partial charge on any atom is 0.257 e. The Morgan fingerprint density at radius 1 is 1.16 bits per heavy atom. The van der Waals surface area contributed by atoms with Crippen LogP contribution in [0, 0.1) is 18.6 Å². The first-order valence-corrected chi connectivity index (χ1v) is 9.80. The summed E-state index contributed by atoms with van der Waals surface area (Å²) in [6.45, 7) is 2.43. The lowest BCUT2D eigenvalue weighted by atomic mass is 10.0. The van der Waals surface area contributed by atoms with Gasteiger partial charge in [0.2, 0.25) is 11.8 Å². The van der Waals surface area contributed by atoms with Gasteiger partial charge in [-0.3, -0.25) is 9.59 Å². The van der Waals surface area contributed by atoms with E-state index in [1.807, 2.05) is 30.3 Å².